The summed E-state index contributed by atoms with van der Waals surface area (Å²) in [6.07, 6.45) is 0. The molecule has 0 amide bonds. The van der Waals surface area contributed by atoms with Crippen LogP contribution in [0, 0.1) is 22.7 Å². The molecule has 0 atom stereocenters. The second-order valence-corrected chi connectivity index (χ2v) is 20.9. The monoisotopic (exact) mass is 840 g/mol. The Labute approximate surface area is 352 Å². The van der Waals surface area contributed by atoms with Gasteiger partial charge in [-0.25, -0.2) is 8.42 Å². The molecule has 294 valence electrons. The molecule has 0 saturated heterocycles. The fraction of sp³-hybridized carbons (Fsp3) is 0. The van der Waals surface area contributed by atoms with Gasteiger partial charge in [0.2, 0.25) is 10.4 Å². The summed E-state index contributed by atoms with van der Waals surface area (Å²) < 4.78 is 28.8. The van der Waals surface area contributed by atoms with Crippen LogP contribution in [-0.4, -0.2) is 13.0 Å². The van der Waals surface area contributed by atoms with Gasteiger partial charge in [0, 0.05) is 0 Å². The zero-order chi connectivity index (χ0) is 42.3. The first-order valence-corrected chi connectivity index (χ1v) is 23.6. The van der Waals surface area contributed by atoms with E-state index in [0.717, 1.165) is 0 Å². The van der Waals surface area contributed by atoms with Crippen LogP contribution in [0.25, 0.3) is 0 Å². The summed E-state index contributed by atoms with van der Waals surface area (Å²) in [5.41, 5.74) is 1.37. The molecule has 60 heavy (non-hydrogen) atoms. The topological polar surface area (TPSA) is 137 Å². The van der Waals surface area contributed by atoms with Crippen LogP contribution in [-0.2, 0) is 14.7 Å². The molecule has 0 aliphatic rings. The Kier molecular flexibility index (Phi) is 14.6. The van der Waals surface area contributed by atoms with Gasteiger partial charge in [0.05, 0.1) is 23.3 Å². The Bertz CT molecular complexity index is 2380. The highest BCUT2D eigenvalue weighted by atomic mass is 32.3. The second-order valence-electron chi connectivity index (χ2n) is 13.1. The number of hydrogen-bond acceptors (Lipinski definition) is 7. The van der Waals surface area contributed by atoms with Crippen molar-refractivity contribution in [2.24, 2.45) is 0 Å². The molecule has 10 heteroatoms. The van der Waals surface area contributed by atoms with Gasteiger partial charge in [-0.1, -0.05) is 109 Å². The summed E-state index contributed by atoms with van der Waals surface area (Å²) in [5.74, 6) is 0. The van der Waals surface area contributed by atoms with E-state index in [1.165, 1.54) is 42.4 Å². The third-order valence-electron chi connectivity index (χ3n) is 9.71. The smallest absolute Gasteiger partial charge is 0.208 e. The molecule has 0 aromatic heterocycles. The first kappa shape index (κ1) is 43.0. The van der Waals surface area contributed by atoms with Crippen molar-refractivity contribution in [3.05, 3.63) is 242 Å². The van der Waals surface area contributed by atoms with Crippen molar-refractivity contribution in [3.63, 3.8) is 0 Å². The summed E-state index contributed by atoms with van der Waals surface area (Å²) in [4.78, 5) is 0. The van der Waals surface area contributed by atoms with Crippen molar-refractivity contribution >= 4 is 67.4 Å². The minimum absolute atomic E-state index is 0.686. The summed E-state index contributed by atoms with van der Waals surface area (Å²) in [6, 6.07) is 85.1. The summed E-state index contributed by atoms with van der Waals surface area (Å²) in [7, 11) is -9.06. The average molecular weight is 841 g/mol. The minimum atomic E-state index is -4.97. The highest BCUT2D eigenvalue weighted by Crippen LogP contribution is 2.55. The highest BCUT2D eigenvalue weighted by molar-refractivity contribution is 8.02. The van der Waals surface area contributed by atoms with Gasteiger partial charge in [0.15, 0.2) is 0 Å². The van der Waals surface area contributed by atoms with Crippen molar-refractivity contribution in [2.75, 3.05) is 0 Å². The van der Waals surface area contributed by atoms with Crippen LogP contribution < -0.4 is 47.7 Å². The molecular formula is C50H38N2O5P2S. The van der Waals surface area contributed by atoms with E-state index in [1.54, 1.807) is 0 Å². The second kappa shape index (κ2) is 20.4. The Hall–Kier alpha value is -6.57. The number of nitrogens with zero attached hydrogens (tertiary/aromatic N) is 2. The molecule has 8 aromatic carbocycles. The normalized spacial score (nSPS) is 11.0. The molecule has 7 nitrogen and oxygen atoms in total. The summed E-state index contributed by atoms with van der Waals surface area (Å²) in [6.45, 7) is 0. The maximum absolute atomic E-state index is 9.24. The van der Waals surface area contributed by atoms with E-state index in [4.69, 9.17) is 18.2 Å². The molecule has 0 radical (unpaired) electrons. The largest absolute Gasteiger partial charge is 0.726 e. The zero-order valence-corrected chi connectivity index (χ0v) is 34.8. The maximum atomic E-state index is 9.24. The van der Waals surface area contributed by atoms with Crippen LogP contribution >= 0.6 is 14.5 Å². The fourth-order valence-corrected chi connectivity index (χ4v) is 15.7. The number of nitriles is 2. The lowest BCUT2D eigenvalue weighted by molar-refractivity contribution is -0.637. The number of rotatable bonds is 9. The zero-order valence-electron chi connectivity index (χ0n) is 32.2. The van der Waals surface area contributed by atoms with Gasteiger partial charge in [-0.05, 0) is 121 Å². The van der Waals surface area contributed by atoms with E-state index in [0.29, 0.717) is 11.1 Å². The van der Waals surface area contributed by atoms with E-state index in [-0.39, 0.29) is 0 Å². The van der Waals surface area contributed by atoms with Crippen molar-refractivity contribution in [1.82, 2.24) is 0 Å². The van der Waals surface area contributed by atoms with E-state index < -0.39 is 24.9 Å². The van der Waals surface area contributed by atoms with Crippen LogP contribution in [0.4, 0.5) is 0 Å². The van der Waals surface area contributed by atoms with Crippen LogP contribution in [0.15, 0.2) is 231 Å². The van der Waals surface area contributed by atoms with E-state index in [1.807, 2.05) is 24.3 Å². The quantitative estimate of drug-likeness (QED) is 0.0564. The number of benzene rings is 8. The SMILES string of the molecule is N#Cc1ccc([P+](c2ccccc2)(c2ccccc2)c2ccccc2)cc1.N#Cc1ccc([P+](c2ccccc2)(c2ccccc2)c2ccccc2)cc1.O=S(=O)([O-])O[O-]. The third-order valence-corrected chi connectivity index (χ3v) is 18.5. The molecule has 0 spiro atoms. The third kappa shape index (κ3) is 9.65. The molecule has 0 N–H and O–H groups in total. The minimum Gasteiger partial charge on any atom is -0.726 e. The molecule has 8 rings (SSSR count). The van der Waals surface area contributed by atoms with Crippen LogP contribution in [0.2, 0.25) is 0 Å². The molecule has 0 aliphatic carbocycles. The van der Waals surface area contributed by atoms with Gasteiger partial charge in [-0.15, -0.1) is 0 Å². The van der Waals surface area contributed by atoms with Gasteiger partial charge < -0.3 is 14.1 Å². The average Bonchev–Trinajstić information content (AvgIpc) is 3.32. The van der Waals surface area contributed by atoms with Gasteiger partial charge >= 0.3 is 0 Å². The molecular weight excluding hydrogens is 803 g/mol. The molecule has 0 aliphatic heterocycles. The molecule has 0 heterocycles. The van der Waals surface area contributed by atoms with Crippen molar-refractivity contribution in [3.8, 4) is 12.1 Å². The number of hydrogen-bond donors (Lipinski definition) is 0. The Morgan fingerprint density at radius 2 is 0.517 bits per heavy atom. The predicted octanol–water partition coefficient (Wildman–Crippen LogP) is 6.09. The first-order valence-electron chi connectivity index (χ1n) is 18.7. The Morgan fingerprint density at radius 1 is 0.350 bits per heavy atom. The van der Waals surface area contributed by atoms with Crippen LogP contribution in [0.1, 0.15) is 11.1 Å². The van der Waals surface area contributed by atoms with E-state index in [9.17, 15) is 10.5 Å². The molecule has 0 fully saturated rings. The summed E-state index contributed by atoms with van der Waals surface area (Å²) >= 11 is 0. The summed E-state index contributed by atoms with van der Waals surface area (Å²) in [5, 5.41) is 37.4. The van der Waals surface area contributed by atoms with Crippen molar-refractivity contribution in [2.45, 2.75) is 0 Å². The highest BCUT2D eigenvalue weighted by Gasteiger charge is 2.48. The molecule has 0 bridgehead atoms. The lowest BCUT2D eigenvalue weighted by Crippen LogP contribution is -2.38. The van der Waals surface area contributed by atoms with E-state index in [2.05, 4.69) is 223 Å². The Balaban J connectivity index is 0.000000177. The predicted molar refractivity (Wildman–Crippen MR) is 243 cm³/mol. The van der Waals surface area contributed by atoms with Gasteiger partial charge in [0.1, 0.15) is 57.0 Å². The standard InChI is InChI=1S/2C25H19NP.H2O5S/c2*26-20-21-16-18-25(19-17-21)27(22-10-4-1-5-11-22,23-12-6-2-7-13-23)24-14-8-3-9-15-24;1-5-6(2,3)4/h2*1-19H;1H,(H,2,3,4)/q2*+1;/p-2. The maximum Gasteiger partial charge on any atom is 0.208 e. The van der Waals surface area contributed by atoms with E-state index >= 15 is 0 Å². The van der Waals surface area contributed by atoms with Gasteiger partial charge in [-0.2, -0.15) is 10.5 Å². The molecule has 0 saturated carbocycles. The molecule has 0 unspecified atom stereocenters. The Morgan fingerprint density at radius 3 is 0.667 bits per heavy atom. The van der Waals surface area contributed by atoms with Gasteiger partial charge in [0.25, 0.3) is 0 Å². The van der Waals surface area contributed by atoms with Crippen LogP contribution in [0.3, 0.4) is 0 Å². The first-order chi connectivity index (χ1) is 29.3. The lowest BCUT2D eigenvalue weighted by Gasteiger charge is -2.27. The van der Waals surface area contributed by atoms with Crippen molar-refractivity contribution in [1.29, 1.82) is 10.5 Å². The molecule has 8 aromatic rings. The van der Waals surface area contributed by atoms with Gasteiger partial charge in [-0.3, -0.25) is 0 Å². The lowest BCUT2D eigenvalue weighted by atomic mass is 10.2. The van der Waals surface area contributed by atoms with Crippen molar-refractivity contribution < 1.29 is 22.6 Å². The fourth-order valence-electron chi connectivity index (χ4n) is 7.22. The van der Waals surface area contributed by atoms with Crippen LogP contribution in [0.5, 0.6) is 0 Å².